The maximum atomic E-state index is 11.6. The zero-order chi connectivity index (χ0) is 11.5. The summed E-state index contributed by atoms with van der Waals surface area (Å²) in [7, 11) is 1.37. The van der Waals surface area contributed by atoms with Gasteiger partial charge in [0.2, 0.25) is 0 Å². The summed E-state index contributed by atoms with van der Waals surface area (Å²) in [6.45, 7) is 2.46. The van der Waals surface area contributed by atoms with Gasteiger partial charge in [-0.1, -0.05) is 6.07 Å². The molecule has 2 rings (SSSR count). The number of rotatable bonds is 3. The van der Waals surface area contributed by atoms with Crippen LogP contribution in [0.3, 0.4) is 0 Å². The summed E-state index contributed by atoms with van der Waals surface area (Å²) >= 11 is 0. The smallest absolute Gasteiger partial charge is 0.338 e. The number of esters is 1. The first-order chi connectivity index (χ1) is 7.77. The van der Waals surface area contributed by atoms with Crippen LogP contribution in [0.1, 0.15) is 17.3 Å². The van der Waals surface area contributed by atoms with E-state index in [0.717, 1.165) is 10.9 Å². The van der Waals surface area contributed by atoms with Gasteiger partial charge in [-0.25, -0.2) is 4.79 Å². The highest BCUT2D eigenvalue weighted by atomic mass is 16.5. The third kappa shape index (κ3) is 1.62. The van der Waals surface area contributed by atoms with Crippen LogP contribution >= 0.6 is 0 Å². The molecule has 0 aliphatic rings. The normalized spacial score (nSPS) is 10.4. The van der Waals surface area contributed by atoms with E-state index in [0.29, 0.717) is 17.9 Å². The minimum atomic E-state index is -0.355. The lowest BCUT2D eigenvalue weighted by atomic mass is 10.1. The van der Waals surface area contributed by atoms with E-state index in [1.807, 2.05) is 13.0 Å². The van der Waals surface area contributed by atoms with Gasteiger partial charge in [0, 0.05) is 6.20 Å². The minimum Gasteiger partial charge on any atom is -0.492 e. The molecule has 0 aliphatic carbocycles. The second-order valence-electron chi connectivity index (χ2n) is 3.31. The van der Waals surface area contributed by atoms with Crippen molar-refractivity contribution in [2.75, 3.05) is 13.7 Å². The van der Waals surface area contributed by atoms with Gasteiger partial charge in [0.1, 0.15) is 5.75 Å². The first-order valence-electron chi connectivity index (χ1n) is 5.09. The van der Waals surface area contributed by atoms with Gasteiger partial charge in [-0.15, -0.1) is 0 Å². The van der Waals surface area contributed by atoms with Crippen LogP contribution < -0.4 is 4.74 Å². The molecule has 2 aromatic rings. The lowest BCUT2D eigenvalue weighted by molar-refractivity contribution is 0.0602. The summed E-state index contributed by atoms with van der Waals surface area (Å²) in [6, 6.07) is 5.43. The fourth-order valence-electron chi connectivity index (χ4n) is 1.70. The monoisotopic (exact) mass is 219 g/mol. The molecule has 1 heterocycles. The number of fused-ring (bicyclic) bond motifs is 1. The predicted molar refractivity (Wildman–Crippen MR) is 60.8 cm³/mol. The molecule has 0 saturated carbocycles. The molecule has 0 saturated heterocycles. The second-order valence-corrected chi connectivity index (χ2v) is 3.31. The van der Waals surface area contributed by atoms with Crippen molar-refractivity contribution in [2.45, 2.75) is 6.92 Å². The van der Waals surface area contributed by atoms with Crippen molar-refractivity contribution in [3.8, 4) is 5.75 Å². The Hall–Kier alpha value is -1.97. The lowest BCUT2D eigenvalue weighted by Crippen LogP contribution is -2.02. The minimum absolute atomic E-state index is 0.355. The molecule has 0 atom stereocenters. The Bertz CT molecular complexity index is 516. The van der Waals surface area contributed by atoms with Gasteiger partial charge in [0.05, 0.1) is 30.2 Å². The van der Waals surface area contributed by atoms with Gasteiger partial charge in [-0.2, -0.15) is 0 Å². The van der Waals surface area contributed by atoms with Gasteiger partial charge >= 0.3 is 5.97 Å². The van der Waals surface area contributed by atoms with E-state index in [4.69, 9.17) is 9.47 Å². The number of H-pyrrole nitrogens is 1. The molecule has 1 aromatic heterocycles. The summed E-state index contributed by atoms with van der Waals surface area (Å²) in [5.41, 5.74) is 1.39. The Morgan fingerprint density at radius 1 is 1.44 bits per heavy atom. The van der Waals surface area contributed by atoms with Crippen LogP contribution in [0.5, 0.6) is 5.75 Å². The first-order valence-corrected chi connectivity index (χ1v) is 5.09. The van der Waals surface area contributed by atoms with Crippen LogP contribution in [0.4, 0.5) is 0 Å². The van der Waals surface area contributed by atoms with Gasteiger partial charge in [-0.3, -0.25) is 0 Å². The summed E-state index contributed by atoms with van der Waals surface area (Å²) < 4.78 is 10.2. The molecular formula is C12H13NO3. The molecule has 4 nitrogen and oxygen atoms in total. The second kappa shape index (κ2) is 4.26. The molecule has 1 N–H and O–H groups in total. The van der Waals surface area contributed by atoms with E-state index in [2.05, 4.69) is 4.98 Å². The molecule has 16 heavy (non-hydrogen) atoms. The van der Waals surface area contributed by atoms with E-state index >= 15 is 0 Å². The summed E-state index contributed by atoms with van der Waals surface area (Å²) in [5.74, 6) is 0.324. The molecule has 0 unspecified atom stereocenters. The Morgan fingerprint density at radius 2 is 2.25 bits per heavy atom. The molecule has 0 bridgehead atoms. The summed E-state index contributed by atoms with van der Waals surface area (Å²) in [6.07, 6.45) is 1.75. The molecule has 0 radical (unpaired) electrons. The van der Waals surface area contributed by atoms with Crippen LogP contribution in [-0.2, 0) is 4.74 Å². The van der Waals surface area contributed by atoms with Crippen LogP contribution in [0.15, 0.2) is 24.4 Å². The number of methoxy groups -OCH3 is 1. The molecule has 0 fully saturated rings. The van der Waals surface area contributed by atoms with Crippen molar-refractivity contribution in [3.05, 3.63) is 30.0 Å². The van der Waals surface area contributed by atoms with E-state index in [9.17, 15) is 4.79 Å². The molecule has 0 aliphatic heterocycles. The maximum absolute atomic E-state index is 11.6. The van der Waals surface area contributed by atoms with Crippen LogP contribution in [0.25, 0.3) is 10.9 Å². The Labute approximate surface area is 93.2 Å². The van der Waals surface area contributed by atoms with Crippen LogP contribution in [0.2, 0.25) is 0 Å². The highest BCUT2D eigenvalue weighted by Crippen LogP contribution is 2.29. The molecule has 1 aromatic carbocycles. The zero-order valence-corrected chi connectivity index (χ0v) is 9.24. The lowest BCUT2D eigenvalue weighted by Gasteiger charge is -2.04. The fourth-order valence-corrected chi connectivity index (χ4v) is 1.70. The highest BCUT2D eigenvalue weighted by Gasteiger charge is 2.15. The van der Waals surface area contributed by atoms with Crippen molar-refractivity contribution in [1.82, 2.24) is 4.98 Å². The van der Waals surface area contributed by atoms with E-state index < -0.39 is 0 Å². The molecule has 0 amide bonds. The third-order valence-electron chi connectivity index (χ3n) is 2.37. The number of benzene rings is 1. The maximum Gasteiger partial charge on any atom is 0.338 e. The van der Waals surface area contributed by atoms with Gasteiger partial charge < -0.3 is 14.5 Å². The number of carbonyl (C=O) groups excluding carboxylic acids is 1. The van der Waals surface area contributed by atoms with E-state index in [-0.39, 0.29) is 5.97 Å². The average Bonchev–Trinajstić information content (AvgIpc) is 2.72. The van der Waals surface area contributed by atoms with Crippen molar-refractivity contribution in [3.63, 3.8) is 0 Å². The standard InChI is InChI=1S/C12H13NO3/c1-3-16-10-7-13-9-6-4-5-8(11(9)10)12(14)15-2/h4-7,13H,3H2,1-2H3. The number of ether oxygens (including phenoxy) is 2. The fraction of sp³-hybridized carbons (Fsp3) is 0.250. The number of aromatic nitrogens is 1. The largest absolute Gasteiger partial charge is 0.492 e. The Kier molecular flexibility index (Phi) is 2.81. The van der Waals surface area contributed by atoms with Crippen molar-refractivity contribution >= 4 is 16.9 Å². The molecule has 4 heteroatoms. The number of hydrogen-bond donors (Lipinski definition) is 1. The molecular weight excluding hydrogens is 206 g/mol. The van der Waals surface area contributed by atoms with Crippen LogP contribution in [-0.4, -0.2) is 24.7 Å². The third-order valence-corrected chi connectivity index (χ3v) is 2.37. The number of hydrogen-bond acceptors (Lipinski definition) is 3. The van der Waals surface area contributed by atoms with Gasteiger partial charge in [-0.05, 0) is 19.1 Å². The quantitative estimate of drug-likeness (QED) is 0.806. The molecule has 0 spiro atoms. The van der Waals surface area contributed by atoms with Crippen molar-refractivity contribution in [1.29, 1.82) is 0 Å². The number of aromatic amines is 1. The number of carbonyl (C=O) groups is 1. The Balaban J connectivity index is 2.63. The van der Waals surface area contributed by atoms with Gasteiger partial charge in [0.25, 0.3) is 0 Å². The average molecular weight is 219 g/mol. The van der Waals surface area contributed by atoms with Crippen LogP contribution in [0, 0.1) is 0 Å². The topological polar surface area (TPSA) is 51.3 Å². The first kappa shape index (κ1) is 10.5. The SMILES string of the molecule is CCOc1c[nH]c2cccc(C(=O)OC)c12. The predicted octanol–water partition coefficient (Wildman–Crippen LogP) is 2.35. The summed E-state index contributed by atoms with van der Waals surface area (Å²) in [5, 5.41) is 0.774. The van der Waals surface area contributed by atoms with Crippen molar-refractivity contribution < 1.29 is 14.3 Å². The molecule has 84 valence electrons. The Morgan fingerprint density at radius 3 is 2.94 bits per heavy atom. The highest BCUT2D eigenvalue weighted by molar-refractivity contribution is 6.06. The van der Waals surface area contributed by atoms with Gasteiger partial charge in [0.15, 0.2) is 0 Å². The zero-order valence-electron chi connectivity index (χ0n) is 9.24. The van der Waals surface area contributed by atoms with E-state index in [1.54, 1.807) is 18.3 Å². The summed E-state index contributed by atoms with van der Waals surface area (Å²) in [4.78, 5) is 14.6. The number of nitrogens with one attached hydrogen (secondary N) is 1. The van der Waals surface area contributed by atoms with Crippen molar-refractivity contribution in [2.24, 2.45) is 0 Å². The van der Waals surface area contributed by atoms with E-state index in [1.165, 1.54) is 7.11 Å².